The Morgan fingerprint density at radius 3 is 2.16 bits per heavy atom. The van der Waals surface area contributed by atoms with Gasteiger partial charge in [-0.25, -0.2) is 4.79 Å². The number of phenolic OH excluding ortho intramolecular Hbond substituents is 1. The predicted octanol–water partition coefficient (Wildman–Crippen LogP) is 3.01. The summed E-state index contributed by atoms with van der Waals surface area (Å²) in [4.78, 5) is 11.7. The van der Waals surface area contributed by atoms with Gasteiger partial charge in [-0.05, 0) is 74.5 Å². The van der Waals surface area contributed by atoms with E-state index < -0.39 is 26.7 Å². The van der Waals surface area contributed by atoms with Crippen LogP contribution in [0, 0.1) is 23.2 Å². The number of ether oxygens (including phenoxy) is 1. The normalized spacial score (nSPS) is 33.4. The summed E-state index contributed by atoms with van der Waals surface area (Å²) in [6.07, 6.45) is 7.33. The molecule has 0 amide bonds. The van der Waals surface area contributed by atoms with Crippen LogP contribution in [0.2, 0.25) is 0 Å². The molecule has 6 nitrogen and oxygen atoms in total. The van der Waals surface area contributed by atoms with Crippen LogP contribution in [0.15, 0.2) is 23.1 Å². The van der Waals surface area contributed by atoms with Crippen molar-refractivity contribution in [2.24, 2.45) is 23.2 Å². The maximum Gasteiger partial charge on any atom is 0.338 e. The molecule has 7 heteroatoms. The van der Waals surface area contributed by atoms with Gasteiger partial charge >= 0.3 is 5.97 Å². The molecule has 0 aromatic heterocycles. The summed E-state index contributed by atoms with van der Waals surface area (Å²) in [6.45, 7) is 0.385. The standard InChI is InChI=1S/C18H22O6S/c19-15-6-14(1-2-16(15)25(21,22)23)17(20)24-10-18-7-11-3-12(8-18)5-13(4-11)9-18/h1-2,6,11-13,19H,3-5,7-10H2,(H,21,22,23). The number of benzene rings is 1. The van der Waals surface area contributed by atoms with Crippen LogP contribution in [0.5, 0.6) is 5.75 Å². The minimum atomic E-state index is -4.52. The highest BCUT2D eigenvalue weighted by molar-refractivity contribution is 7.86. The molecule has 4 bridgehead atoms. The van der Waals surface area contributed by atoms with Crippen molar-refractivity contribution in [3.05, 3.63) is 23.8 Å². The molecule has 4 aliphatic carbocycles. The lowest BCUT2D eigenvalue weighted by molar-refractivity contribution is -0.0848. The van der Waals surface area contributed by atoms with Gasteiger partial charge in [0.05, 0.1) is 12.2 Å². The van der Waals surface area contributed by atoms with Gasteiger partial charge < -0.3 is 9.84 Å². The zero-order chi connectivity index (χ0) is 17.8. The van der Waals surface area contributed by atoms with Crippen LogP contribution >= 0.6 is 0 Å². The van der Waals surface area contributed by atoms with E-state index in [1.165, 1.54) is 25.3 Å². The second kappa shape index (κ2) is 5.71. The van der Waals surface area contributed by atoms with Gasteiger partial charge in [-0.15, -0.1) is 0 Å². The Bertz CT molecular complexity index is 778. The molecule has 1 aromatic rings. The van der Waals surface area contributed by atoms with Crippen LogP contribution in [0.25, 0.3) is 0 Å². The maximum absolute atomic E-state index is 12.3. The van der Waals surface area contributed by atoms with Gasteiger partial charge in [0, 0.05) is 5.41 Å². The fourth-order valence-corrected chi connectivity index (χ4v) is 6.19. The summed E-state index contributed by atoms with van der Waals surface area (Å²) in [7, 11) is -4.52. The molecule has 5 rings (SSSR count). The minimum Gasteiger partial charge on any atom is -0.506 e. The first-order chi connectivity index (χ1) is 11.7. The molecular weight excluding hydrogens is 344 g/mol. The number of hydrogen-bond donors (Lipinski definition) is 2. The van der Waals surface area contributed by atoms with Crippen molar-refractivity contribution in [1.82, 2.24) is 0 Å². The van der Waals surface area contributed by atoms with Crippen LogP contribution in [0.1, 0.15) is 48.9 Å². The van der Waals surface area contributed by atoms with Gasteiger partial charge in [0.15, 0.2) is 0 Å². The smallest absolute Gasteiger partial charge is 0.338 e. The first-order valence-electron chi connectivity index (χ1n) is 8.72. The van der Waals surface area contributed by atoms with Crippen LogP contribution in [-0.2, 0) is 14.9 Å². The van der Waals surface area contributed by atoms with Crippen molar-refractivity contribution in [3.63, 3.8) is 0 Å². The van der Waals surface area contributed by atoms with E-state index in [-0.39, 0.29) is 11.0 Å². The second-order valence-corrected chi connectivity index (χ2v) is 9.54. The van der Waals surface area contributed by atoms with Crippen molar-refractivity contribution in [2.45, 2.75) is 43.4 Å². The zero-order valence-corrected chi connectivity index (χ0v) is 14.7. The van der Waals surface area contributed by atoms with E-state index in [1.54, 1.807) is 0 Å². The van der Waals surface area contributed by atoms with Crippen molar-refractivity contribution >= 4 is 16.1 Å². The van der Waals surface area contributed by atoms with E-state index in [9.17, 15) is 18.3 Å². The number of hydrogen-bond acceptors (Lipinski definition) is 5. The Kier molecular flexibility index (Phi) is 3.85. The number of carbonyl (C=O) groups excluding carboxylic acids is 1. The molecule has 1 aromatic carbocycles. The lowest BCUT2D eigenvalue weighted by atomic mass is 9.50. The summed E-state index contributed by atoms with van der Waals surface area (Å²) < 4.78 is 36.7. The van der Waals surface area contributed by atoms with Crippen molar-refractivity contribution < 1.29 is 27.6 Å². The minimum absolute atomic E-state index is 0.0784. The lowest BCUT2D eigenvalue weighted by Gasteiger charge is -2.56. The van der Waals surface area contributed by atoms with E-state index in [4.69, 9.17) is 9.29 Å². The first kappa shape index (κ1) is 16.8. The Labute approximate surface area is 146 Å². The zero-order valence-electron chi connectivity index (χ0n) is 13.8. The van der Waals surface area contributed by atoms with Gasteiger partial charge in [0.2, 0.25) is 0 Å². The van der Waals surface area contributed by atoms with E-state index in [0.717, 1.165) is 49.1 Å². The van der Waals surface area contributed by atoms with Crippen LogP contribution in [-0.4, -0.2) is 30.7 Å². The molecule has 0 spiro atoms. The molecule has 136 valence electrons. The second-order valence-electron chi connectivity index (χ2n) is 8.15. The summed E-state index contributed by atoms with van der Waals surface area (Å²) in [5, 5.41) is 9.73. The number of aromatic hydroxyl groups is 1. The van der Waals surface area contributed by atoms with Crippen molar-refractivity contribution in [3.8, 4) is 5.75 Å². The molecule has 0 radical (unpaired) electrons. The molecule has 4 saturated carbocycles. The van der Waals surface area contributed by atoms with Gasteiger partial charge in [-0.2, -0.15) is 8.42 Å². The first-order valence-corrected chi connectivity index (χ1v) is 10.2. The Morgan fingerprint density at radius 1 is 1.12 bits per heavy atom. The molecule has 0 atom stereocenters. The van der Waals surface area contributed by atoms with Crippen LogP contribution in [0.3, 0.4) is 0 Å². The predicted molar refractivity (Wildman–Crippen MR) is 88.8 cm³/mol. The molecular formula is C18H22O6S. The van der Waals surface area contributed by atoms with Crippen LogP contribution in [0.4, 0.5) is 0 Å². The monoisotopic (exact) mass is 366 g/mol. The fraction of sp³-hybridized carbons (Fsp3) is 0.611. The molecule has 2 N–H and O–H groups in total. The Balaban J connectivity index is 1.45. The van der Waals surface area contributed by atoms with Gasteiger partial charge in [0.1, 0.15) is 10.6 Å². The quantitative estimate of drug-likeness (QED) is 0.627. The summed E-state index contributed by atoms with van der Waals surface area (Å²) in [6, 6.07) is 3.27. The highest BCUT2D eigenvalue weighted by atomic mass is 32.2. The molecule has 4 fully saturated rings. The molecule has 4 aliphatic rings. The number of esters is 1. The molecule has 0 heterocycles. The van der Waals surface area contributed by atoms with Crippen molar-refractivity contribution in [2.75, 3.05) is 6.61 Å². The van der Waals surface area contributed by atoms with Gasteiger partial charge in [0.25, 0.3) is 10.1 Å². The van der Waals surface area contributed by atoms with Gasteiger partial charge in [-0.1, -0.05) is 0 Å². The largest absolute Gasteiger partial charge is 0.506 e. The fourth-order valence-electron chi connectivity index (χ4n) is 5.63. The SMILES string of the molecule is O=C(OCC12CC3CC(CC(C3)C1)C2)c1ccc(S(=O)(=O)O)c(O)c1. The summed E-state index contributed by atoms with van der Waals surface area (Å²) >= 11 is 0. The van der Waals surface area contributed by atoms with E-state index in [0.29, 0.717) is 6.61 Å². The van der Waals surface area contributed by atoms with Gasteiger partial charge in [-0.3, -0.25) is 4.55 Å². The molecule has 0 aliphatic heterocycles. The molecule has 25 heavy (non-hydrogen) atoms. The van der Waals surface area contributed by atoms with E-state index >= 15 is 0 Å². The van der Waals surface area contributed by atoms with Crippen LogP contribution < -0.4 is 0 Å². The maximum atomic E-state index is 12.3. The number of carbonyl (C=O) groups is 1. The number of rotatable bonds is 4. The highest BCUT2D eigenvalue weighted by Crippen LogP contribution is 2.60. The van der Waals surface area contributed by atoms with Crippen molar-refractivity contribution in [1.29, 1.82) is 0 Å². The van der Waals surface area contributed by atoms with E-state index in [2.05, 4.69) is 0 Å². The average molecular weight is 366 g/mol. The summed E-state index contributed by atoms with van der Waals surface area (Å²) in [5.41, 5.74) is 0.176. The molecule has 0 unspecified atom stereocenters. The van der Waals surface area contributed by atoms with E-state index in [1.807, 2.05) is 0 Å². The summed E-state index contributed by atoms with van der Waals surface area (Å²) in [5.74, 6) is 1.06. The number of phenols is 1. The highest BCUT2D eigenvalue weighted by Gasteiger charge is 2.51. The average Bonchev–Trinajstić information content (AvgIpc) is 2.50. The Morgan fingerprint density at radius 2 is 1.68 bits per heavy atom. The Hall–Kier alpha value is -1.60. The third-order valence-corrected chi connectivity index (χ3v) is 7.05. The molecule has 0 saturated heterocycles. The third-order valence-electron chi connectivity index (χ3n) is 6.15. The third kappa shape index (κ3) is 3.15. The topological polar surface area (TPSA) is 101 Å². The lowest BCUT2D eigenvalue weighted by Crippen LogP contribution is -2.48.